The minimum Gasteiger partial charge on any atom is -0.329 e. The van der Waals surface area contributed by atoms with E-state index in [-0.39, 0.29) is 6.04 Å². The van der Waals surface area contributed by atoms with Gasteiger partial charge in [0.25, 0.3) is 10.2 Å². The first-order valence-corrected chi connectivity index (χ1v) is 7.02. The molecule has 1 aliphatic rings. The summed E-state index contributed by atoms with van der Waals surface area (Å²) in [4.78, 5) is 0. The third kappa shape index (κ3) is 3.41. The Labute approximate surface area is 92.2 Å². The lowest BCUT2D eigenvalue weighted by Gasteiger charge is -2.36. The van der Waals surface area contributed by atoms with Crippen LogP contribution in [0.4, 0.5) is 0 Å². The van der Waals surface area contributed by atoms with Crippen molar-refractivity contribution in [2.45, 2.75) is 38.6 Å². The Bertz CT molecular complexity index is 275. The Morgan fingerprint density at radius 1 is 1.47 bits per heavy atom. The third-order valence-electron chi connectivity index (χ3n) is 2.67. The molecule has 0 unspecified atom stereocenters. The van der Waals surface area contributed by atoms with E-state index in [2.05, 4.69) is 4.72 Å². The minimum absolute atomic E-state index is 0.169. The topological polar surface area (TPSA) is 75.4 Å². The second-order valence-corrected chi connectivity index (χ2v) is 5.59. The smallest absolute Gasteiger partial charge is 0.279 e. The zero-order valence-electron chi connectivity index (χ0n) is 9.28. The van der Waals surface area contributed by atoms with Crippen molar-refractivity contribution in [3.05, 3.63) is 0 Å². The van der Waals surface area contributed by atoms with Crippen molar-refractivity contribution in [2.75, 3.05) is 19.6 Å². The van der Waals surface area contributed by atoms with Crippen LogP contribution in [-0.4, -0.2) is 38.4 Å². The lowest BCUT2D eigenvalue weighted by molar-refractivity contribution is 0.221. The quantitative estimate of drug-likeness (QED) is 0.654. The zero-order chi connectivity index (χ0) is 11.3. The molecule has 0 aromatic rings. The van der Waals surface area contributed by atoms with Crippen molar-refractivity contribution in [1.82, 2.24) is 9.03 Å². The second-order valence-electron chi connectivity index (χ2n) is 3.88. The van der Waals surface area contributed by atoms with Crippen LogP contribution in [0.15, 0.2) is 0 Å². The van der Waals surface area contributed by atoms with E-state index in [1.54, 1.807) is 0 Å². The Morgan fingerprint density at radius 2 is 2.13 bits per heavy atom. The van der Waals surface area contributed by atoms with Crippen molar-refractivity contribution in [3.63, 3.8) is 0 Å². The average molecular weight is 235 g/mol. The van der Waals surface area contributed by atoms with Crippen LogP contribution in [0.5, 0.6) is 0 Å². The summed E-state index contributed by atoms with van der Waals surface area (Å²) >= 11 is 0. The van der Waals surface area contributed by atoms with Gasteiger partial charge in [-0.3, -0.25) is 0 Å². The van der Waals surface area contributed by atoms with Crippen LogP contribution >= 0.6 is 0 Å². The van der Waals surface area contributed by atoms with E-state index in [1.807, 2.05) is 6.92 Å². The molecule has 1 rings (SSSR count). The van der Waals surface area contributed by atoms with Gasteiger partial charge in [0.2, 0.25) is 0 Å². The van der Waals surface area contributed by atoms with Crippen molar-refractivity contribution < 1.29 is 8.42 Å². The molecule has 0 amide bonds. The van der Waals surface area contributed by atoms with Crippen molar-refractivity contribution in [2.24, 2.45) is 5.73 Å². The normalized spacial score (nSPS) is 18.1. The highest BCUT2D eigenvalue weighted by atomic mass is 32.2. The largest absolute Gasteiger partial charge is 0.329 e. The average Bonchev–Trinajstić information content (AvgIpc) is 2.11. The fourth-order valence-corrected chi connectivity index (χ4v) is 3.19. The number of rotatable bonds is 7. The number of hydrogen-bond acceptors (Lipinski definition) is 3. The van der Waals surface area contributed by atoms with Crippen LogP contribution in [0.3, 0.4) is 0 Å². The van der Waals surface area contributed by atoms with Crippen LogP contribution in [0.2, 0.25) is 0 Å². The van der Waals surface area contributed by atoms with E-state index < -0.39 is 10.2 Å². The number of nitrogens with two attached hydrogens (primary N) is 1. The van der Waals surface area contributed by atoms with E-state index in [1.165, 1.54) is 4.31 Å². The first-order valence-electron chi connectivity index (χ1n) is 5.58. The van der Waals surface area contributed by atoms with Gasteiger partial charge in [-0.25, -0.2) is 4.72 Å². The fraction of sp³-hybridized carbons (Fsp3) is 1.00. The van der Waals surface area contributed by atoms with Gasteiger partial charge in [-0.15, -0.1) is 0 Å². The van der Waals surface area contributed by atoms with E-state index in [0.717, 1.165) is 25.7 Å². The number of nitrogens with one attached hydrogen (secondary N) is 1. The van der Waals surface area contributed by atoms with E-state index >= 15 is 0 Å². The van der Waals surface area contributed by atoms with Gasteiger partial charge < -0.3 is 5.73 Å². The highest BCUT2D eigenvalue weighted by molar-refractivity contribution is 7.87. The van der Waals surface area contributed by atoms with Gasteiger partial charge in [0.15, 0.2) is 0 Å². The summed E-state index contributed by atoms with van der Waals surface area (Å²) in [6.07, 6.45) is 3.86. The monoisotopic (exact) mass is 235 g/mol. The predicted molar refractivity (Wildman–Crippen MR) is 60.6 cm³/mol. The molecule has 1 aliphatic carbocycles. The lowest BCUT2D eigenvalue weighted by Crippen LogP contribution is -2.51. The molecule has 1 saturated carbocycles. The summed E-state index contributed by atoms with van der Waals surface area (Å²) in [6, 6.07) is 0.169. The summed E-state index contributed by atoms with van der Waals surface area (Å²) in [5.74, 6) is 0. The molecule has 0 bridgehead atoms. The molecule has 0 spiro atoms. The molecular weight excluding hydrogens is 214 g/mol. The second kappa shape index (κ2) is 5.79. The van der Waals surface area contributed by atoms with Gasteiger partial charge in [0.1, 0.15) is 0 Å². The van der Waals surface area contributed by atoms with Gasteiger partial charge in [-0.1, -0.05) is 13.3 Å². The van der Waals surface area contributed by atoms with Crippen LogP contribution < -0.4 is 10.5 Å². The summed E-state index contributed by atoms with van der Waals surface area (Å²) in [6.45, 7) is 3.24. The molecule has 0 atom stereocenters. The maximum absolute atomic E-state index is 11.9. The van der Waals surface area contributed by atoms with Crippen LogP contribution in [0.1, 0.15) is 32.6 Å². The molecular formula is C9H21N3O2S. The molecule has 0 aromatic heterocycles. The van der Waals surface area contributed by atoms with Crippen molar-refractivity contribution in [3.8, 4) is 0 Å². The van der Waals surface area contributed by atoms with Crippen LogP contribution in [-0.2, 0) is 10.2 Å². The fourth-order valence-electron chi connectivity index (χ4n) is 1.61. The molecule has 0 heterocycles. The zero-order valence-corrected chi connectivity index (χ0v) is 10.1. The highest BCUT2D eigenvalue weighted by Gasteiger charge is 2.32. The molecule has 6 heteroatoms. The number of hydrogen-bond donors (Lipinski definition) is 2. The summed E-state index contributed by atoms with van der Waals surface area (Å²) in [5, 5.41) is 0. The standard InChI is InChI=1S/C9H21N3O2S/c1-2-7-11-15(13,14)12(8-6-10)9-4-3-5-9/h9,11H,2-8,10H2,1H3. The SMILES string of the molecule is CCCNS(=O)(=O)N(CCN)C1CCC1. The first kappa shape index (κ1) is 12.9. The molecule has 0 radical (unpaired) electrons. The van der Waals surface area contributed by atoms with Gasteiger partial charge in [0.05, 0.1) is 0 Å². The summed E-state index contributed by atoms with van der Waals surface area (Å²) in [5.41, 5.74) is 5.44. The van der Waals surface area contributed by atoms with Crippen LogP contribution in [0.25, 0.3) is 0 Å². The Kier molecular flexibility index (Phi) is 4.98. The van der Waals surface area contributed by atoms with Gasteiger partial charge in [0, 0.05) is 25.7 Å². The van der Waals surface area contributed by atoms with E-state index in [9.17, 15) is 8.42 Å². The predicted octanol–water partition coefficient (Wildman–Crippen LogP) is 0.0440. The maximum Gasteiger partial charge on any atom is 0.279 e. The Morgan fingerprint density at radius 3 is 2.53 bits per heavy atom. The van der Waals surface area contributed by atoms with E-state index in [4.69, 9.17) is 5.73 Å². The summed E-state index contributed by atoms with van der Waals surface area (Å²) in [7, 11) is -3.30. The molecule has 1 fully saturated rings. The van der Waals surface area contributed by atoms with Crippen molar-refractivity contribution >= 4 is 10.2 Å². The van der Waals surface area contributed by atoms with Crippen LogP contribution in [0, 0.1) is 0 Å². The van der Waals surface area contributed by atoms with Gasteiger partial charge in [-0.05, 0) is 19.3 Å². The molecule has 0 aromatic carbocycles. The molecule has 90 valence electrons. The van der Waals surface area contributed by atoms with Crippen molar-refractivity contribution in [1.29, 1.82) is 0 Å². The molecule has 0 aliphatic heterocycles. The highest BCUT2D eigenvalue weighted by Crippen LogP contribution is 2.26. The first-order chi connectivity index (χ1) is 7.11. The third-order valence-corrected chi connectivity index (χ3v) is 4.34. The maximum atomic E-state index is 11.9. The summed E-state index contributed by atoms with van der Waals surface area (Å²) < 4.78 is 27.9. The Hall–Kier alpha value is -0.170. The molecule has 3 N–H and O–H groups in total. The molecule has 5 nitrogen and oxygen atoms in total. The van der Waals surface area contributed by atoms with Gasteiger partial charge in [-0.2, -0.15) is 12.7 Å². The van der Waals surface area contributed by atoms with Gasteiger partial charge >= 0.3 is 0 Å². The van der Waals surface area contributed by atoms with E-state index in [0.29, 0.717) is 19.6 Å². The molecule has 15 heavy (non-hydrogen) atoms. The number of nitrogens with zero attached hydrogens (tertiary/aromatic N) is 1. The minimum atomic E-state index is -3.30. The lowest BCUT2D eigenvalue weighted by atomic mass is 9.93. The molecule has 0 saturated heterocycles. The Balaban J connectivity index is 2.60.